The fraction of sp³-hybridized carbons (Fsp3) is 0.267. The molecule has 4 rings (SSSR count). The van der Waals surface area contributed by atoms with Gasteiger partial charge in [0.25, 0.3) is 0 Å². The summed E-state index contributed by atoms with van der Waals surface area (Å²) in [7, 11) is 1.44. The highest BCUT2D eigenvalue weighted by molar-refractivity contribution is 5.89. The maximum atomic E-state index is 15.4. The van der Waals surface area contributed by atoms with Gasteiger partial charge in [-0.05, 0) is 52.6 Å². The molecule has 3 heteroatoms. The Balaban J connectivity index is 1.53. The van der Waals surface area contributed by atoms with E-state index in [0.717, 1.165) is 28.5 Å². The second-order valence-electron chi connectivity index (χ2n) is 8.57. The molecule has 0 fully saturated rings. The van der Waals surface area contributed by atoms with E-state index in [1.165, 1.54) is 50.8 Å². The van der Waals surface area contributed by atoms with Crippen LogP contribution in [0.15, 0.2) is 72.8 Å². The fourth-order valence-corrected chi connectivity index (χ4v) is 4.34. The second-order valence-corrected chi connectivity index (χ2v) is 8.57. The van der Waals surface area contributed by atoms with Gasteiger partial charge in [-0.25, -0.2) is 8.78 Å². The van der Waals surface area contributed by atoms with Crippen LogP contribution in [0.25, 0.3) is 33.0 Å². The van der Waals surface area contributed by atoms with Crippen molar-refractivity contribution in [1.82, 2.24) is 0 Å². The molecule has 0 aliphatic heterocycles. The second kappa shape index (κ2) is 10.6. The zero-order chi connectivity index (χ0) is 23.2. The molecule has 33 heavy (non-hydrogen) atoms. The third-order valence-corrected chi connectivity index (χ3v) is 6.27. The van der Waals surface area contributed by atoms with Gasteiger partial charge in [-0.15, -0.1) is 0 Å². The van der Waals surface area contributed by atoms with Crippen molar-refractivity contribution in [2.45, 2.75) is 45.4 Å². The van der Waals surface area contributed by atoms with Crippen LogP contribution in [0.4, 0.5) is 8.78 Å². The number of benzene rings is 4. The van der Waals surface area contributed by atoms with Gasteiger partial charge in [0.15, 0.2) is 11.6 Å². The first-order valence-electron chi connectivity index (χ1n) is 11.8. The van der Waals surface area contributed by atoms with E-state index >= 15 is 4.39 Å². The zero-order valence-electron chi connectivity index (χ0n) is 19.3. The third kappa shape index (κ3) is 5.24. The summed E-state index contributed by atoms with van der Waals surface area (Å²) in [6, 6.07) is 22.3. The van der Waals surface area contributed by atoms with Crippen molar-refractivity contribution >= 4 is 10.8 Å². The molecule has 0 spiro atoms. The van der Waals surface area contributed by atoms with Crippen LogP contribution in [0.2, 0.25) is 0 Å². The summed E-state index contributed by atoms with van der Waals surface area (Å²) in [5.74, 6) is -0.390. The van der Waals surface area contributed by atoms with E-state index in [0.29, 0.717) is 10.9 Å². The molecule has 0 aliphatic carbocycles. The highest BCUT2D eigenvalue weighted by Gasteiger charge is 2.11. The van der Waals surface area contributed by atoms with Gasteiger partial charge < -0.3 is 4.74 Å². The molecule has 170 valence electrons. The van der Waals surface area contributed by atoms with Crippen LogP contribution in [0.3, 0.4) is 0 Å². The summed E-state index contributed by atoms with van der Waals surface area (Å²) in [6.45, 7) is 2.22. The molecule has 1 nitrogen and oxygen atoms in total. The van der Waals surface area contributed by atoms with Crippen LogP contribution in [-0.4, -0.2) is 7.11 Å². The topological polar surface area (TPSA) is 9.23 Å². The first kappa shape index (κ1) is 23.0. The average Bonchev–Trinajstić information content (AvgIpc) is 2.84. The van der Waals surface area contributed by atoms with Gasteiger partial charge in [0, 0.05) is 10.9 Å². The molecule has 0 aromatic heterocycles. The molecule has 0 radical (unpaired) electrons. The van der Waals surface area contributed by atoms with E-state index in [1.54, 1.807) is 6.07 Å². The molecule has 0 heterocycles. The SMILES string of the molecule is CCCCCCCc1ccc2c(F)c(-c3ccc(-c4ccc(OC)c(F)c4)cc3)ccc2c1. The van der Waals surface area contributed by atoms with E-state index in [2.05, 4.69) is 19.1 Å². The summed E-state index contributed by atoms with van der Waals surface area (Å²) in [5.41, 5.74) is 4.25. The Morgan fingerprint density at radius 2 is 1.42 bits per heavy atom. The van der Waals surface area contributed by atoms with Gasteiger partial charge in [-0.3, -0.25) is 0 Å². The lowest BCUT2D eigenvalue weighted by atomic mass is 9.96. The number of fused-ring (bicyclic) bond motifs is 1. The Kier molecular flexibility index (Phi) is 7.39. The summed E-state index contributed by atoms with van der Waals surface area (Å²) in [5, 5.41) is 1.58. The number of rotatable bonds is 9. The predicted molar refractivity (Wildman–Crippen MR) is 134 cm³/mol. The number of hydrogen-bond acceptors (Lipinski definition) is 1. The minimum absolute atomic E-state index is 0.203. The number of ether oxygens (including phenoxy) is 1. The number of methoxy groups -OCH3 is 1. The van der Waals surface area contributed by atoms with Crippen molar-refractivity contribution in [3.8, 4) is 28.0 Å². The van der Waals surface area contributed by atoms with Crippen molar-refractivity contribution in [1.29, 1.82) is 0 Å². The molecule has 0 amide bonds. The van der Waals surface area contributed by atoms with Gasteiger partial charge in [0.2, 0.25) is 0 Å². The maximum Gasteiger partial charge on any atom is 0.165 e. The van der Waals surface area contributed by atoms with E-state index < -0.39 is 5.82 Å². The number of halogens is 2. The molecule has 0 unspecified atom stereocenters. The average molecular weight is 445 g/mol. The molecule has 0 bridgehead atoms. The summed E-state index contributed by atoms with van der Waals surface area (Å²) in [4.78, 5) is 0. The lowest BCUT2D eigenvalue weighted by molar-refractivity contribution is 0.386. The van der Waals surface area contributed by atoms with Crippen LogP contribution in [-0.2, 0) is 6.42 Å². The van der Waals surface area contributed by atoms with Crippen molar-refractivity contribution in [2.24, 2.45) is 0 Å². The molecule has 0 N–H and O–H groups in total. The molecule has 0 atom stereocenters. The smallest absolute Gasteiger partial charge is 0.165 e. The summed E-state index contributed by atoms with van der Waals surface area (Å²) < 4.78 is 34.4. The minimum Gasteiger partial charge on any atom is -0.494 e. The first-order valence-corrected chi connectivity index (χ1v) is 11.8. The van der Waals surface area contributed by atoms with Crippen molar-refractivity contribution < 1.29 is 13.5 Å². The van der Waals surface area contributed by atoms with Crippen molar-refractivity contribution in [3.05, 3.63) is 90.0 Å². The molecule has 0 saturated heterocycles. The van der Waals surface area contributed by atoms with Crippen LogP contribution < -0.4 is 4.74 Å². The van der Waals surface area contributed by atoms with E-state index in [-0.39, 0.29) is 11.6 Å². The quantitative estimate of drug-likeness (QED) is 0.234. The standard InChI is InChI=1S/C30H30F2O/c1-3-4-5-6-7-8-21-9-16-27-25(19-21)14-17-26(30(27)32)23-12-10-22(11-13-23)24-15-18-29(33-2)28(31)20-24/h9-20H,3-8H2,1-2H3. The highest BCUT2D eigenvalue weighted by Crippen LogP contribution is 2.32. The maximum absolute atomic E-state index is 15.4. The van der Waals surface area contributed by atoms with E-state index in [4.69, 9.17) is 4.74 Å². The lowest BCUT2D eigenvalue weighted by Gasteiger charge is -2.10. The lowest BCUT2D eigenvalue weighted by Crippen LogP contribution is -1.91. The number of hydrogen-bond donors (Lipinski definition) is 0. The monoisotopic (exact) mass is 444 g/mol. The van der Waals surface area contributed by atoms with Crippen LogP contribution in [0.5, 0.6) is 5.75 Å². The minimum atomic E-state index is -0.403. The summed E-state index contributed by atoms with van der Waals surface area (Å²) in [6.07, 6.45) is 7.30. The molecule has 0 saturated carbocycles. The first-order chi connectivity index (χ1) is 16.1. The van der Waals surface area contributed by atoms with Crippen molar-refractivity contribution in [3.63, 3.8) is 0 Å². The van der Waals surface area contributed by atoms with Gasteiger partial charge in [0.05, 0.1) is 7.11 Å². The fourth-order valence-electron chi connectivity index (χ4n) is 4.34. The Bertz CT molecular complexity index is 1230. The third-order valence-electron chi connectivity index (χ3n) is 6.27. The van der Waals surface area contributed by atoms with Gasteiger partial charge in [0.1, 0.15) is 5.82 Å². The molecule has 4 aromatic rings. The normalized spacial score (nSPS) is 11.2. The van der Waals surface area contributed by atoms with Crippen LogP contribution in [0, 0.1) is 11.6 Å². The van der Waals surface area contributed by atoms with E-state index in [9.17, 15) is 4.39 Å². The van der Waals surface area contributed by atoms with Gasteiger partial charge in [-0.2, -0.15) is 0 Å². The van der Waals surface area contributed by atoms with Gasteiger partial charge >= 0.3 is 0 Å². The summed E-state index contributed by atoms with van der Waals surface area (Å²) >= 11 is 0. The predicted octanol–water partition coefficient (Wildman–Crippen LogP) is 8.97. The Hall–Kier alpha value is -3.20. The van der Waals surface area contributed by atoms with Crippen molar-refractivity contribution in [2.75, 3.05) is 7.11 Å². The molecular formula is C30H30F2O. The Morgan fingerprint density at radius 3 is 2.15 bits per heavy atom. The highest BCUT2D eigenvalue weighted by atomic mass is 19.1. The number of unbranched alkanes of at least 4 members (excludes halogenated alkanes) is 4. The van der Waals surface area contributed by atoms with Crippen LogP contribution >= 0.6 is 0 Å². The molecular weight excluding hydrogens is 414 g/mol. The Labute approximate surface area is 195 Å². The molecule has 0 aliphatic rings. The van der Waals surface area contributed by atoms with E-state index in [1.807, 2.05) is 48.5 Å². The van der Waals surface area contributed by atoms with Gasteiger partial charge in [-0.1, -0.05) is 93.3 Å². The Morgan fingerprint density at radius 1 is 0.697 bits per heavy atom. The zero-order valence-corrected chi connectivity index (χ0v) is 19.3. The molecule has 4 aromatic carbocycles. The number of aryl methyl sites for hydroxylation is 1. The largest absolute Gasteiger partial charge is 0.494 e. The van der Waals surface area contributed by atoms with Crippen LogP contribution in [0.1, 0.15) is 44.6 Å².